The fourth-order valence-corrected chi connectivity index (χ4v) is 5.81. The van der Waals surface area contributed by atoms with Crippen LogP contribution in [0.25, 0.3) is 66.2 Å². The summed E-state index contributed by atoms with van der Waals surface area (Å²) < 4.78 is 39.2. The summed E-state index contributed by atoms with van der Waals surface area (Å²) in [6, 6.07) is 30.2. The molecule has 2 aromatic heterocycles. The average Bonchev–Trinajstić information content (AvgIpc) is 3.50. The number of nitriles is 2. The van der Waals surface area contributed by atoms with Crippen LogP contribution in [0.5, 0.6) is 0 Å². The number of aromatic nitrogens is 3. The molecule has 0 saturated heterocycles. The molecule has 7 rings (SSSR count). The molecule has 41 heavy (non-hydrogen) atoms. The molecule has 0 unspecified atom stereocenters. The van der Waals surface area contributed by atoms with Gasteiger partial charge in [-0.05, 0) is 47.5 Å². The van der Waals surface area contributed by atoms with Gasteiger partial charge in [0.25, 0.3) is 0 Å². The molecule has 0 aliphatic carbocycles. The Morgan fingerprint density at radius 3 is 2.02 bits per heavy atom. The van der Waals surface area contributed by atoms with E-state index in [0.717, 1.165) is 56.7 Å². The second-order valence-electron chi connectivity index (χ2n) is 9.48. The van der Waals surface area contributed by atoms with Gasteiger partial charge in [0.05, 0.1) is 51.8 Å². The highest BCUT2D eigenvalue weighted by Gasteiger charge is 2.21. The van der Waals surface area contributed by atoms with E-state index >= 15 is 0 Å². The fraction of sp³-hybridized carbons (Fsp3) is 0. The quantitative estimate of drug-likeness (QED) is 0.206. The number of rotatable bonds is 3. The molecule has 0 aliphatic heterocycles. The predicted molar refractivity (Wildman–Crippen MR) is 156 cm³/mol. The highest BCUT2D eigenvalue weighted by molar-refractivity contribution is 7.00. The minimum Gasteiger partial charge on any atom is -0.247 e. The fourth-order valence-electron chi connectivity index (χ4n) is 5.25. The lowest BCUT2D eigenvalue weighted by Crippen LogP contribution is -1.95. The van der Waals surface area contributed by atoms with E-state index in [1.54, 1.807) is 36.4 Å². The van der Waals surface area contributed by atoms with Crippen molar-refractivity contribution in [2.75, 3.05) is 0 Å². The van der Waals surface area contributed by atoms with Crippen LogP contribution < -0.4 is 0 Å². The van der Waals surface area contributed by atoms with Crippen LogP contribution in [0.15, 0.2) is 91.0 Å². The number of halogens is 2. The monoisotopic (exact) mass is 551 g/mol. The lowest BCUT2D eigenvalue weighted by molar-refractivity contribution is 0.589. The molecule has 0 saturated carbocycles. The Hall–Kier alpha value is -5.57. The Bertz CT molecular complexity index is 2220. The van der Waals surface area contributed by atoms with E-state index in [0.29, 0.717) is 33.4 Å². The Balaban J connectivity index is 1.57. The summed E-state index contributed by atoms with van der Waals surface area (Å²) in [5.74, 6) is -1.63. The maximum Gasteiger partial charge on any atom is 0.135 e. The summed E-state index contributed by atoms with van der Waals surface area (Å²) >= 11 is 1.10. The molecule has 0 atom stereocenters. The van der Waals surface area contributed by atoms with E-state index in [-0.39, 0.29) is 11.1 Å². The van der Waals surface area contributed by atoms with Crippen LogP contribution >= 0.6 is 11.7 Å². The SMILES string of the molecule is N#Cc1ccc(-c2cc3c(-c4ccccc4)nc4cc(-c5c(F)cc(C#N)cc5F)ccc4c3c3nsnc23)cc1. The number of pyridine rings is 1. The molecule has 5 nitrogen and oxygen atoms in total. The van der Waals surface area contributed by atoms with Crippen LogP contribution in [0.1, 0.15) is 11.1 Å². The maximum atomic E-state index is 15.0. The van der Waals surface area contributed by atoms with Gasteiger partial charge in [-0.25, -0.2) is 13.8 Å². The average molecular weight is 552 g/mol. The minimum atomic E-state index is -0.817. The highest BCUT2D eigenvalue weighted by atomic mass is 32.1. The standard InChI is InChI=1S/C33H15F2N5S/c34-26-12-19(17-37)13-27(35)29(26)22-10-11-23-28(14-22)38-31(21-4-2-1-3-5-21)25-15-24(20-8-6-18(16-36)7-9-20)32-33(30(23)25)40-41-39-32/h1-15H. The van der Waals surface area contributed by atoms with Gasteiger partial charge in [0, 0.05) is 27.3 Å². The summed E-state index contributed by atoms with van der Waals surface area (Å²) in [5.41, 5.74) is 5.83. The molecule has 8 heteroatoms. The topological polar surface area (TPSA) is 86.2 Å². The van der Waals surface area contributed by atoms with Crippen molar-refractivity contribution in [3.63, 3.8) is 0 Å². The first-order valence-electron chi connectivity index (χ1n) is 12.5. The molecule has 0 N–H and O–H groups in total. The molecule has 7 aromatic rings. The Morgan fingerprint density at radius 2 is 1.32 bits per heavy atom. The van der Waals surface area contributed by atoms with E-state index in [1.807, 2.05) is 48.5 Å². The second-order valence-corrected chi connectivity index (χ2v) is 10.0. The van der Waals surface area contributed by atoms with Crippen molar-refractivity contribution in [2.24, 2.45) is 0 Å². The predicted octanol–water partition coefficient (Wildman–Crippen LogP) is 8.42. The molecule has 0 bridgehead atoms. The van der Waals surface area contributed by atoms with E-state index in [4.69, 9.17) is 10.2 Å². The third-order valence-corrected chi connectivity index (χ3v) is 7.65. The molecule has 0 amide bonds. The van der Waals surface area contributed by atoms with Crippen LogP contribution in [-0.2, 0) is 0 Å². The van der Waals surface area contributed by atoms with E-state index in [1.165, 1.54) is 0 Å². The van der Waals surface area contributed by atoms with Crippen LogP contribution in [0.4, 0.5) is 8.78 Å². The number of fused-ring (bicyclic) bond motifs is 5. The van der Waals surface area contributed by atoms with E-state index in [2.05, 4.69) is 14.8 Å². The number of benzene rings is 5. The third-order valence-electron chi connectivity index (χ3n) is 7.13. The second kappa shape index (κ2) is 9.56. The molecule has 0 radical (unpaired) electrons. The molecular weight excluding hydrogens is 536 g/mol. The van der Waals surface area contributed by atoms with Crippen LogP contribution in [0.3, 0.4) is 0 Å². The molecule has 0 aliphatic rings. The van der Waals surface area contributed by atoms with Crippen molar-refractivity contribution in [1.82, 2.24) is 13.7 Å². The first-order valence-corrected chi connectivity index (χ1v) is 13.3. The van der Waals surface area contributed by atoms with E-state index in [9.17, 15) is 14.0 Å². The Labute approximate surface area is 236 Å². The van der Waals surface area contributed by atoms with Crippen LogP contribution in [0, 0.1) is 34.3 Å². The van der Waals surface area contributed by atoms with Crippen molar-refractivity contribution in [3.8, 4) is 45.6 Å². The summed E-state index contributed by atoms with van der Waals surface area (Å²) in [6.07, 6.45) is 0. The lowest BCUT2D eigenvalue weighted by Gasteiger charge is -2.14. The van der Waals surface area contributed by atoms with Gasteiger partial charge >= 0.3 is 0 Å². The van der Waals surface area contributed by atoms with E-state index < -0.39 is 11.6 Å². The van der Waals surface area contributed by atoms with Gasteiger partial charge in [-0.3, -0.25) is 0 Å². The van der Waals surface area contributed by atoms with Gasteiger partial charge in [0.15, 0.2) is 0 Å². The van der Waals surface area contributed by atoms with Crippen molar-refractivity contribution in [1.29, 1.82) is 10.5 Å². The zero-order valence-electron chi connectivity index (χ0n) is 21.1. The molecule has 192 valence electrons. The highest BCUT2D eigenvalue weighted by Crippen LogP contribution is 2.42. The van der Waals surface area contributed by atoms with Crippen LogP contribution in [0.2, 0.25) is 0 Å². The Kier molecular flexibility index (Phi) is 5.71. The first kappa shape index (κ1) is 24.5. The van der Waals surface area contributed by atoms with Crippen LogP contribution in [-0.4, -0.2) is 13.7 Å². The third kappa shape index (κ3) is 3.98. The molecule has 0 spiro atoms. The van der Waals surface area contributed by atoms with Gasteiger partial charge in [0.2, 0.25) is 0 Å². The summed E-state index contributed by atoms with van der Waals surface area (Å²) in [6.45, 7) is 0. The number of hydrogen-bond acceptors (Lipinski definition) is 6. The van der Waals surface area contributed by atoms with Gasteiger partial charge in [-0.2, -0.15) is 19.3 Å². The first-order chi connectivity index (χ1) is 20.1. The number of hydrogen-bond donors (Lipinski definition) is 0. The normalized spacial score (nSPS) is 11.1. The van der Waals surface area contributed by atoms with Gasteiger partial charge in [-0.15, -0.1) is 0 Å². The van der Waals surface area contributed by atoms with Crippen molar-refractivity contribution in [3.05, 3.63) is 114 Å². The zero-order valence-corrected chi connectivity index (χ0v) is 21.9. The lowest BCUT2D eigenvalue weighted by atomic mass is 9.92. The van der Waals surface area contributed by atoms with Crippen molar-refractivity contribution in [2.45, 2.75) is 0 Å². The maximum absolute atomic E-state index is 15.0. The van der Waals surface area contributed by atoms with Gasteiger partial charge < -0.3 is 0 Å². The number of nitrogens with zero attached hydrogens (tertiary/aromatic N) is 5. The molecule has 2 heterocycles. The van der Waals surface area contributed by atoms with Crippen molar-refractivity contribution < 1.29 is 8.78 Å². The summed E-state index contributed by atoms with van der Waals surface area (Å²) in [5, 5.41) is 20.8. The smallest absolute Gasteiger partial charge is 0.135 e. The largest absolute Gasteiger partial charge is 0.247 e. The van der Waals surface area contributed by atoms with Crippen molar-refractivity contribution >= 4 is 44.4 Å². The molecule has 0 fully saturated rings. The minimum absolute atomic E-state index is 0.0866. The Morgan fingerprint density at radius 1 is 0.634 bits per heavy atom. The summed E-state index contributed by atoms with van der Waals surface area (Å²) in [7, 11) is 0. The van der Waals surface area contributed by atoms with Gasteiger partial charge in [0.1, 0.15) is 22.7 Å². The summed E-state index contributed by atoms with van der Waals surface area (Å²) in [4.78, 5) is 5.02. The zero-order chi connectivity index (χ0) is 28.1. The molecule has 5 aromatic carbocycles. The van der Waals surface area contributed by atoms with Gasteiger partial charge in [-0.1, -0.05) is 54.6 Å². The molecular formula is C33H15F2N5S.